The number of aromatic nitrogens is 1. The van der Waals surface area contributed by atoms with Crippen molar-refractivity contribution >= 4 is 17.5 Å². The Kier molecular flexibility index (Phi) is 5.27. The van der Waals surface area contributed by atoms with Crippen molar-refractivity contribution in [2.75, 3.05) is 6.54 Å². The first kappa shape index (κ1) is 17.3. The quantitative estimate of drug-likeness (QED) is 0.871. The maximum absolute atomic E-state index is 12.6. The number of carbonyl (C=O) groups excluding carboxylic acids is 1. The third-order valence-corrected chi connectivity index (χ3v) is 3.22. The van der Waals surface area contributed by atoms with Crippen LogP contribution in [0.25, 0.3) is 0 Å². The van der Waals surface area contributed by atoms with Gasteiger partial charge in [-0.1, -0.05) is 28.9 Å². The summed E-state index contributed by atoms with van der Waals surface area (Å²) >= 11 is 5.73. The standard InChI is InChI=1S/C14H12ClF3N2O3/c15-9-3-1-8(2-4-9)5-10(21)6-19-13(22)11-7-23-20-12(11)14(16,17)18/h1-4,7,10,21H,5-6H2,(H,19,22). The minimum atomic E-state index is -4.79. The lowest BCUT2D eigenvalue weighted by atomic mass is 10.1. The summed E-state index contributed by atoms with van der Waals surface area (Å²) in [6, 6.07) is 6.70. The number of rotatable bonds is 5. The lowest BCUT2D eigenvalue weighted by Crippen LogP contribution is -2.34. The van der Waals surface area contributed by atoms with E-state index in [2.05, 4.69) is 15.0 Å². The van der Waals surface area contributed by atoms with Crippen LogP contribution in [-0.2, 0) is 12.6 Å². The Morgan fingerprint density at radius 3 is 2.61 bits per heavy atom. The van der Waals surface area contributed by atoms with E-state index in [0.29, 0.717) is 11.3 Å². The lowest BCUT2D eigenvalue weighted by Gasteiger charge is -2.12. The van der Waals surface area contributed by atoms with Gasteiger partial charge in [-0.15, -0.1) is 0 Å². The van der Waals surface area contributed by atoms with Crippen LogP contribution in [0.3, 0.4) is 0 Å². The number of aliphatic hydroxyl groups is 1. The highest BCUT2D eigenvalue weighted by atomic mass is 35.5. The van der Waals surface area contributed by atoms with E-state index in [1.807, 2.05) is 0 Å². The number of aliphatic hydroxyl groups excluding tert-OH is 1. The first-order valence-electron chi connectivity index (χ1n) is 6.49. The van der Waals surface area contributed by atoms with Gasteiger partial charge in [-0.2, -0.15) is 13.2 Å². The zero-order valence-electron chi connectivity index (χ0n) is 11.6. The summed E-state index contributed by atoms with van der Waals surface area (Å²) in [5.74, 6) is -1.02. The molecule has 1 atom stereocenters. The molecule has 1 aromatic carbocycles. The van der Waals surface area contributed by atoms with Crippen molar-refractivity contribution in [1.82, 2.24) is 10.5 Å². The van der Waals surface area contributed by atoms with E-state index in [-0.39, 0.29) is 13.0 Å². The number of carbonyl (C=O) groups is 1. The zero-order valence-corrected chi connectivity index (χ0v) is 12.4. The molecule has 0 aliphatic carbocycles. The van der Waals surface area contributed by atoms with Gasteiger partial charge in [-0.3, -0.25) is 4.79 Å². The number of nitrogens with one attached hydrogen (secondary N) is 1. The molecule has 0 bridgehead atoms. The third kappa shape index (κ3) is 4.70. The van der Waals surface area contributed by atoms with Crippen molar-refractivity contribution in [1.29, 1.82) is 0 Å². The molecule has 2 rings (SSSR count). The fraction of sp³-hybridized carbons (Fsp3) is 0.286. The molecule has 0 aliphatic rings. The van der Waals surface area contributed by atoms with Gasteiger partial charge in [0.1, 0.15) is 11.8 Å². The average molecular weight is 349 g/mol. The fourth-order valence-corrected chi connectivity index (χ4v) is 2.00. The van der Waals surface area contributed by atoms with Gasteiger partial charge in [0.05, 0.1) is 6.10 Å². The van der Waals surface area contributed by atoms with Gasteiger partial charge in [0, 0.05) is 18.0 Å². The van der Waals surface area contributed by atoms with Gasteiger partial charge in [0.25, 0.3) is 5.91 Å². The lowest BCUT2D eigenvalue weighted by molar-refractivity contribution is -0.143. The Hall–Kier alpha value is -2.06. The third-order valence-electron chi connectivity index (χ3n) is 2.97. The van der Waals surface area contributed by atoms with Crippen LogP contribution in [0.1, 0.15) is 21.6 Å². The van der Waals surface area contributed by atoms with Crippen molar-refractivity contribution in [2.45, 2.75) is 18.7 Å². The van der Waals surface area contributed by atoms with Gasteiger partial charge < -0.3 is 14.9 Å². The molecule has 0 spiro atoms. The minimum Gasteiger partial charge on any atom is -0.391 e. The molecule has 1 heterocycles. The molecule has 2 aromatic rings. The van der Waals surface area contributed by atoms with Crippen LogP contribution in [0, 0.1) is 0 Å². The summed E-state index contributed by atoms with van der Waals surface area (Å²) in [5.41, 5.74) is -1.35. The molecule has 5 nitrogen and oxygen atoms in total. The highest BCUT2D eigenvalue weighted by Crippen LogP contribution is 2.30. The van der Waals surface area contributed by atoms with Crippen molar-refractivity contribution in [3.63, 3.8) is 0 Å². The maximum Gasteiger partial charge on any atom is 0.437 e. The summed E-state index contributed by atoms with van der Waals surface area (Å²) < 4.78 is 42.0. The average Bonchev–Trinajstić information content (AvgIpc) is 2.97. The second-order valence-electron chi connectivity index (χ2n) is 4.77. The number of amides is 1. The summed E-state index contributed by atoms with van der Waals surface area (Å²) in [5, 5.41) is 15.4. The van der Waals surface area contributed by atoms with E-state index in [1.165, 1.54) is 0 Å². The zero-order chi connectivity index (χ0) is 17.0. The number of hydrogen-bond acceptors (Lipinski definition) is 4. The van der Waals surface area contributed by atoms with Crippen molar-refractivity contribution in [3.05, 3.63) is 52.4 Å². The molecule has 2 N–H and O–H groups in total. The summed E-state index contributed by atoms with van der Waals surface area (Å²) in [4.78, 5) is 11.7. The molecule has 0 saturated heterocycles. The van der Waals surface area contributed by atoms with Gasteiger partial charge in [0.2, 0.25) is 0 Å². The van der Waals surface area contributed by atoms with Gasteiger partial charge in [0.15, 0.2) is 5.69 Å². The molecule has 0 aliphatic heterocycles. The van der Waals surface area contributed by atoms with Gasteiger partial charge in [-0.25, -0.2) is 0 Å². The van der Waals surface area contributed by atoms with Crippen LogP contribution < -0.4 is 5.32 Å². The molecule has 0 fully saturated rings. The topological polar surface area (TPSA) is 75.4 Å². The largest absolute Gasteiger partial charge is 0.437 e. The highest BCUT2D eigenvalue weighted by molar-refractivity contribution is 6.30. The van der Waals surface area contributed by atoms with Crippen LogP contribution in [0.4, 0.5) is 13.2 Å². The molecular formula is C14H12ClF3N2O3. The highest BCUT2D eigenvalue weighted by Gasteiger charge is 2.39. The predicted molar refractivity (Wildman–Crippen MR) is 75.0 cm³/mol. The molecule has 124 valence electrons. The number of hydrogen-bond donors (Lipinski definition) is 2. The van der Waals surface area contributed by atoms with Crippen molar-refractivity contribution < 1.29 is 27.6 Å². The van der Waals surface area contributed by atoms with Gasteiger partial charge in [-0.05, 0) is 17.7 Å². The Labute approximate surface area is 134 Å². The molecule has 1 aromatic heterocycles. The Morgan fingerprint density at radius 1 is 1.35 bits per heavy atom. The number of alkyl halides is 3. The van der Waals surface area contributed by atoms with Crippen LogP contribution in [-0.4, -0.2) is 28.8 Å². The van der Waals surface area contributed by atoms with E-state index in [4.69, 9.17) is 11.6 Å². The number of benzene rings is 1. The predicted octanol–water partition coefficient (Wildman–Crippen LogP) is 2.68. The normalized spacial score (nSPS) is 12.9. The summed E-state index contributed by atoms with van der Waals surface area (Å²) in [6.07, 6.45) is -4.92. The summed E-state index contributed by atoms with van der Waals surface area (Å²) in [6.45, 7) is -0.218. The van der Waals surface area contributed by atoms with E-state index in [0.717, 1.165) is 5.56 Å². The molecule has 0 saturated carbocycles. The first-order valence-corrected chi connectivity index (χ1v) is 6.87. The SMILES string of the molecule is O=C(NCC(O)Cc1ccc(Cl)cc1)c1conc1C(F)(F)F. The van der Waals surface area contributed by atoms with Crippen LogP contribution in [0.15, 0.2) is 35.1 Å². The maximum atomic E-state index is 12.6. The van der Waals surface area contributed by atoms with E-state index in [1.54, 1.807) is 24.3 Å². The Bertz CT molecular complexity index is 671. The van der Waals surface area contributed by atoms with Crippen LogP contribution in [0.2, 0.25) is 5.02 Å². The fourth-order valence-electron chi connectivity index (χ4n) is 1.87. The van der Waals surface area contributed by atoms with Crippen molar-refractivity contribution in [3.8, 4) is 0 Å². The summed E-state index contributed by atoms with van der Waals surface area (Å²) in [7, 11) is 0. The van der Waals surface area contributed by atoms with E-state index < -0.39 is 29.4 Å². The molecule has 0 radical (unpaired) electrons. The van der Waals surface area contributed by atoms with Crippen molar-refractivity contribution in [2.24, 2.45) is 0 Å². The van der Waals surface area contributed by atoms with Gasteiger partial charge >= 0.3 is 6.18 Å². The molecule has 9 heteroatoms. The van der Waals surface area contributed by atoms with Crippen LogP contribution in [0.5, 0.6) is 0 Å². The molecule has 1 unspecified atom stereocenters. The van der Waals surface area contributed by atoms with E-state index >= 15 is 0 Å². The number of halogens is 4. The number of nitrogens with zero attached hydrogens (tertiary/aromatic N) is 1. The molecule has 1 amide bonds. The van der Waals surface area contributed by atoms with E-state index in [9.17, 15) is 23.1 Å². The molecular weight excluding hydrogens is 337 g/mol. The molecule has 23 heavy (non-hydrogen) atoms. The Morgan fingerprint density at radius 2 is 2.00 bits per heavy atom. The monoisotopic (exact) mass is 348 g/mol. The minimum absolute atomic E-state index is 0.215. The Balaban J connectivity index is 1.91. The second-order valence-corrected chi connectivity index (χ2v) is 5.21. The van der Waals surface area contributed by atoms with Crippen LogP contribution >= 0.6 is 11.6 Å². The second kappa shape index (κ2) is 7.01. The smallest absolute Gasteiger partial charge is 0.391 e. The first-order chi connectivity index (χ1) is 10.8.